The van der Waals surface area contributed by atoms with Gasteiger partial charge in [-0.05, 0) is 48.9 Å². The van der Waals surface area contributed by atoms with Crippen molar-refractivity contribution in [2.75, 3.05) is 38.8 Å². The third-order valence-electron chi connectivity index (χ3n) is 4.59. The number of nitrogens with one attached hydrogen (secondary N) is 2. The summed E-state index contributed by atoms with van der Waals surface area (Å²) in [5, 5.41) is 5.67. The number of oxazole rings is 1. The van der Waals surface area contributed by atoms with Gasteiger partial charge in [0.05, 0.1) is 32.6 Å². The summed E-state index contributed by atoms with van der Waals surface area (Å²) >= 11 is 0. The zero-order chi connectivity index (χ0) is 22.6. The minimum absolute atomic E-state index is 0.279. The molecule has 2 amide bonds. The lowest BCUT2D eigenvalue weighted by Crippen LogP contribution is -2.30. The number of carbonyl (C=O) groups is 1. The van der Waals surface area contributed by atoms with Gasteiger partial charge in [0.25, 0.3) is 0 Å². The van der Waals surface area contributed by atoms with Gasteiger partial charge in [-0.1, -0.05) is 12.1 Å². The van der Waals surface area contributed by atoms with E-state index in [0.29, 0.717) is 51.0 Å². The van der Waals surface area contributed by atoms with E-state index >= 15 is 0 Å². The number of aromatic nitrogens is 1. The second-order valence-corrected chi connectivity index (χ2v) is 6.95. The van der Waals surface area contributed by atoms with E-state index in [4.69, 9.17) is 18.6 Å². The Morgan fingerprint density at radius 1 is 1.09 bits per heavy atom. The summed E-state index contributed by atoms with van der Waals surface area (Å²) in [6.07, 6.45) is 2.16. The van der Waals surface area contributed by atoms with Crippen LogP contribution in [0.3, 0.4) is 0 Å². The summed E-state index contributed by atoms with van der Waals surface area (Å²) in [5.41, 5.74) is 3.32. The van der Waals surface area contributed by atoms with Crippen molar-refractivity contribution in [3.05, 3.63) is 66.1 Å². The van der Waals surface area contributed by atoms with Crippen LogP contribution in [-0.2, 0) is 22.5 Å². The highest BCUT2D eigenvalue weighted by Crippen LogP contribution is 2.21. The number of ether oxygens (including phenoxy) is 3. The Bertz CT molecular complexity index is 972. The predicted molar refractivity (Wildman–Crippen MR) is 122 cm³/mol. The second kappa shape index (κ2) is 12.5. The molecule has 0 saturated heterocycles. The van der Waals surface area contributed by atoms with E-state index in [-0.39, 0.29) is 6.03 Å². The van der Waals surface area contributed by atoms with Crippen LogP contribution in [0.2, 0.25) is 0 Å². The summed E-state index contributed by atoms with van der Waals surface area (Å²) in [5.74, 6) is 1.31. The molecule has 0 unspecified atom stereocenters. The number of methoxy groups -OCH3 is 1. The van der Waals surface area contributed by atoms with Crippen LogP contribution in [0.1, 0.15) is 18.2 Å². The Morgan fingerprint density at radius 2 is 1.91 bits per heavy atom. The molecule has 2 aromatic carbocycles. The SMILES string of the molecule is CCOCCOCc1cccc(NC(=O)NCCc2coc(-c3ccc(OC)cc3)n2)c1. The fraction of sp³-hybridized carbons (Fsp3) is 0.333. The lowest BCUT2D eigenvalue weighted by Gasteiger charge is -2.09. The van der Waals surface area contributed by atoms with Crippen LogP contribution < -0.4 is 15.4 Å². The maximum Gasteiger partial charge on any atom is 0.319 e. The number of hydrogen-bond acceptors (Lipinski definition) is 6. The first-order valence-electron chi connectivity index (χ1n) is 10.6. The van der Waals surface area contributed by atoms with Gasteiger partial charge < -0.3 is 29.3 Å². The average molecular weight is 440 g/mol. The van der Waals surface area contributed by atoms with Gasteiger partial charge in [0, 0.05) is 30.8 Å². The lowest BCUT2D eigenvalue weighted by molar-refractivity contribution is 0.0453. The van der Waals surface area contributed by atoms with Crippen LogP contribution in [0.5, 0.6) is 5.75 Å². The first-order chi connectivity index (χ1) is 15.7. The quantitative estimate of drug-likeness (QED) is 0.409. The molecule has 8 heteroatoms. The molecule has 0 fully saturated rings. The fourth-order valence-corrected chi connectivity index (χ4v) is 2.96. The second-order valence-electron chi connectivity index (χ2n) is 6.95. The Labute approximate surface area is 187 Å². The zero-order valence-corrected chi connectivity index (χ0v) is 18.4. The van der Waals surface area contributed by atoms with Crippen molar-refractivity contribution < 1.29 is 23.4 Å². The number of anilines is 1. The van der Waals surface area contributed by atoms with E-state index in [1.165, 1.54) is 0 Å². The van der Waals surface area contributed by atoms with Gasteiger partial charge >= 0.3 is 6.03 Å². The molecule has 170 valence electrons. The number of carbonyl (C=O) groups excluding carboxylic acids is 1. The highest BCUT2D eigenvalue weighted by molar-refractivity contribution is 5.89. The topological polar surface area (TPSA) is 94.9 Å². The zero-order valence-electron chi connectivity index (χ0n) is 18.4. The van der Waals surface area contributed by atoms with Gasteiger partial charge in [0.15, 0.2) is 0 Å². The molecule has 1 heterocycles. The Morgan fingerprint density at radius 3 is 2.69 bits per heavy atom. The van der Waals surface area contributed by atoms with Crippen molar-refractivity contribution in [2.24, 2.45) is 0 Å². The molecule has 0 aliphatic rings. The molecule has 0 saturated carbocycles. The molecule has 1 aromatic heterocycles. The number of benzene rings is 2. The normalized spacial score (nSPS) is 10.7. The van der Waals surface area contributed by atoms with E-state index in [1.54, 1.807) is 13.4 Å². The standard InChI is InChI=1S/C24H29N3O5/c1-3-30-13-14-31-16-18-5-4-6-20(15-18)27-24(28)25-12-11-21-17-32-23(26-21)19-7-9-22(29-2)10-8-19/h4-10,15,17H,3,11-14,16H2,1-2H3,(H2,25,27,28). The van der Waals surface area contributed by atoms with Crippen molar-refractivity contribution in [1.29, 1.82) is 0 Å². The van der Waals surface area contributed by atoms with Crippen molar-refractivity contribution in [3.63, 3.8) is 0 Å². The van der Waals surface area contributed by atoms with E-state index < -0.39 is 0 Å². The third-order valence-corrected chi connectivity index (χ3v) is 4.59. The van der Waals surface area contributed by atoms with Crippen LogP contribution in [0.4, 0.5) is 10.5 Å². The summed E-state index contributed by atoms with van der Waals surface area (Å²) in [6, 6.07) is 14.8. The molecule has 0 radical (unpaired) electrons. The molecule has 3 rings (SSSR count). The minimum atomic E-state index is -0.279. The van der Waals surface area contributed by atoms with Crippen molar-refractivity contribution in [3.8, 4) is 17.2 Å². The Balaban J connectivity index is 1.41. The number of hydrogen-bond donors (Lipinski definition) is 2. The molecule has 0 aliphatic carbocycles. The maximum absolute atomic E-state index is 12.2. The average Bonchev–Trinajstić information content (AvgIpc) is 3.28. The molecular weight excluding hydrogens is 410 g/mol. The summed E-state index contributed by atoms with van der Waals surface area (Å²) in [7, 11) is 1.62. The van der Waals surface area contributed by atoms with Crippen molar-refractivity contribution in [2.45, 2.75) is 20.0 Å². The van der Waals surface area contributed by atoms with Crippen LogP contribution in [0.25, 0.3) is 11.5 Å². The van der Waals surface area contributed by atoms with Crippen molar-refractivity contribution >= 4 is 11.7 Å². The van der Waals surface area contributed by atoms with Gasteiger partial charge in [-0.15, -0.1) is 0 Å². The smallest absolute Gasteiger partial charge is 0.319 e. The Kier molecular flexibility index (Phi) is 9.09. The predicted octanol–water partition coefficient (Wildman–Crippen LogP) is 4.27. The first kappa shape index (κ1) is 23.3. The van der Waals surface area contributed by atoms with E-state index in [0.717, 1.165) is 22.6 Å². The molecule has 0 aliphatic heterocycles. The minimum Gasteiger partial charge on any atom is -0.497 e. The largest absolute Gasteiger partial charge is 0.497 e. The number of nitrogens with zero attached hydrogens (tertiary/aromatic N) is 1. The summed E-state index contributed by atoms with van der Waals surface area (Å²) in [6.45, 7) is 4.63. The van der Waals surface area contributed by atoms with Gasteiger partial charge in [-0.3, -0.25) is 0 Å². The molecule has 32 heavy (non-hydrogen) atoms. The number of rotatable bonds is 12. The van der Waals surface area contributed by atoms with Gasteiger partial charge in [-0.2, -0.15) is 0 Å². The third kappa shape index (κ3) is 7.40. The number of urea groups is 1. The fourth-order valence-electron chi connectivity index (χ4n) is 2.96. The molecule has 8 nitrogen and oxygen atoms in total. The van der Waals surface area contributed by atoms with Gasteiger partial charge in [0.1, 0.15) is 12.0 Å². The molecule has 0 spiro atoms. The molecule has 3 aromatic rings. The van der Waals surface area contributed by atoms with Crippen LogP contribution >= 0.6 is 0 Å². The van der Waals surface area contributed by atoms with E-state index in [2.05, 4.69) is 15.6 Å². The maximum atomic E-state index is 12.2. The van der Waals surface area contributed by atoms with Gasteiger partial charge in [-0.25, -0.2) is 9.78 Å². The van der Waals surface area contributed by atoms with Crippen molar-refractivity contribution in [1.82, 2.24) is 10.3 Å². The lowest BCUT2D eigenvalue weighted by atomic mass is 10.2. The summed E-state index contributed by atoms with van der Waals surface area (Å²) < 4.78 is 21.5. The molecule has 0 atom stereocenters. The monoisotopic (exact) mass is 439 g/mol. The van der Waals surface area contributed by atoms with Crippen LogP contribution in [0, 0.1) is 0 Å². The van der Waals surface area contributed by atoms with Gasteiger partial charge in [0.2, 0.25) is 5.89 Å². The van der Waals surface area contributed by atoms with Crippen LogP contribution in [-0.4, -0.2) is 44.5 Å². The highest BCUT2D eigenvalue weighted by Gasteiger charge is 2.08. The highest BCUT2D eigenvalue weighted by atomic mass is 16.5. The Hall–Kier alpha value is -3.36. The van der Waals surface area contributed by atoms with Crippen LogP contribution in [0.15, 0.2) is 59.2 Å². The number of amides is 2. The molecule has 2 N–H and O–H groups in total. The molecule has 0 bridgehead atoms. The summed E-state index contributed by atoms with van der Waals surface area (Å²) in [4.78, 5) is 16.7. The molecular formula is C24H29N3O5. The van der Waals surface area contributed by atoms with E-state index in [9.17, 15) is 4.79 Å². The first-order valence-corrected chi connectivity index (χ1v) is 10.6. The van der Waals surface area contributed by atoms with E-state index in [1.807, 2.05) is 55.5 Å².